The summed E-state index contributed by atoms with van der Waals surface area (Å²) >= 11 is 0. The lowest BCUT2D eigenvalue weighted by Crippen LogP contribution is -2.45. The van der Waals surface area contributed by atoms with E-state index in [0.29, 0.717) is 5.92 Å². The number of rotatable bonds is 7. The Morgan fingerprint density at radius 3 is 2.62 bits per heavy atom. The highest BCUT2D eigenvalue weighted by molar-refractivity contribution is 5.24. The molecule has 2 heteroatoms. The molecule has 1 heterocycles. The molecule has 21 heavy (non-hydrogen) atoms. The van der Waals surface area contributed by atoms with Crippen LogP contribution in [0.3, 0.4) is 0 Å². The van der Waals surface area contributed by atoms with Gasteiger partial charge in [-0.05, 0) is 49.4 Å². The highest BCUT2D eigenvalue weighted by Crippen LogP contribution is 2.21. The lowest BCUT2D eigenvalue weighted by Gasteiger charge is -2.36. The zero-order chi connectivity index (χ0) is 15.1. The molecule has 1 N–H and O–H groups in total. The molecule has 1 fully saturated rings. The Morgan fingerprint density at radius 2 is 1.95 bits per heavy atom. The molecule has 118 valence electrons. The first-order valence-corrected chi connectivity index (χ1v) is 8.74. The van der Waals surface area contributed by atoms with E-state index in [4.69, 9.17) is 0 Å². The van der Waals surface area contributed by atoms with E-state index in [1.807, 2.05) is 0 Å². The summed E-state index contributed by atoms with van der Waals surface area (Å²) in [6.45, 7) is 11.4. The molecule has 0 radical (unpaired) electrons. The third-order valence-electron chi connectivity index (χ3n) is 4.59. The van der Waals surface area contributed by atoms with Crippen molar-refractivity contribution in [1.82, 2.24) is 10.2 Å². The minimum Gasteiger partial charge on any atom is -0.315 e. The van der Waals surface area contributed by atoms with Crippen molar-refractivity contribution in [1.29, 1.82) is 0 Å². The summed E-state index contributed by atoms with van der Waals surface area (Å²) in [6, 6.07) is 9.96. The Hall–Kier alpha value is -0.860. The first-order chi connectivity index (χ1) is 10.2. The summed E-state index contributed by atoms with van der Waals surface area (Å²) in [6.07, 6.45) is 5.32. The predicted molar refractivity (Wildman–Crippen MR) is 91.7 cm³/mol. The molecule has 0 amide bonds. The maximum absolute atomic E-state index is 3.60. The van der Waals surface area contributed by atoms with Gasteiger partial charge < -0.3 is 5.32 Å². The molecule has 0 saturated carbocycles. The quantitative estimate of drug-likeness (QED) is 0.758. The summed E-state index contributed by atoms with van der Waals surface area (Å²) in [7, 11) is 0. The average molecular weight is 288 g/mol. The van der Waals surface area contributed by atoms with Crippen LogP contribution in [0.25, 0.3) is 0 Å². The lowest BCUT2D eigenvalue weighted by molar-refractivity contribution is 0.137. The molecule has 2 nitrogen and oxygen atoms in total. The smallest absolute Gasteiger partial charge is 0.0237 e. The Morgan fingerprint density at radius 1 is 1.19 bits per heavy atom. The van der Waals surface area contributed by atoms with E-state index in [2.05, 4.69) is 55.3 Å². The summed E-state index contributed by atoms with van der Waals surface area (Å²) in [4.78, 5) is 2.68. The molecule has 1 unspecified atom stereocenters. The van der Waals surface area contributed by atoms with Gasteiger partial charge in [-0.1, -0.05) is 51.5 Å². The first-order valence-electron chi connectivity index (χ1n) is 8.74. The van der Waals surface area contributed by atoms with Crippen molar-refractivity contribution < 1.29 is 0 Å². The van der Waals surface area contributed by atoms with Gasteiger partial charge in [-0.2, -0.15) is 0 Å². The number of nitrogens with zero attached hydrogens (tertiary/aromatic N) is 1. The normalized spacial score (nSPS) is 20.1. The SMILES string of the molecule is CCCNCC1CCCCN1Cc1ccc(C(C)C)cc1. The van der Waals surface area contributed by atoms with Crippen LogP contribution < -0.4 is 5.32 Å². The fourth-order valence-corrected chi connectivity index (χ4v) is 3.19. The van der Waals surface area contributed by atoms with Crippen LogP contribution in [0.4, 0.5) is 0 Å². The van der Waals surface area contributed by atoms with Crippen LogP contribution in [0.2, 0.25) is 0 Å². The van der Waals surface area contributed by atoms with E-state index in [0.717, 1.165) is 25.7 Å². The Kier molecular flexibility index (Phi) is 6.72. The molecular weight excluding hydrogens is 256 g/mol. The zero-order valence-electron chi connectivity index (χ0n) is 14.1. The van der Waals surface area contributed by atoms with E-state index in [9.17, 15) is 0 Å². The van der Waals surface area contributed by atoms with Gasteiger partial charge in [0.05, 0.1) is 0 Å². The number of benzene rings is 1. The van der Waals surface area contributed by atoms with Crippen molar-refractivity contribution in [3.63, 3.8) is 0 Å². The molecule has 1 aromatic rings. The molecule has 1 aliphatic heterocycles. The minimum atomic E-state index is 0.625. The van der Waals surface area contributed by atoms with Gasteiger partial charge in [0.15, 0.2) is 0 Å². The molecule has 1 aliphatic rings. The lowest BCUT2D eigenvalue weighted by atomic mass is 9.99. The van der Waals surface area contributed by atoms with Crippen LogP contribution in [0, 0.1) is 0 Å². The molecule has 0 spiro atoms. The number of hydrogen-bond donors (Lipinski definition) is 1. The molecule has 1 saturated heterocycles. The zero-order valence-corrected chi connectivity index (χ0v) is 14.1. The van der Waals surface area contributed by atoms with E-state index >= 15 is 0 Å². The van der Waals surface area contributed by atoms with E-state index in [-0.39, 0.29) is 0 Å². The molecule has 1 atom stereocenters. The van der Waals surface area contributed by atoms with Crippen LogP contribution in [0.5, 0.6) is 0 Å². The Balaban J connectivity index is 1.91. The number of piperidine rings is 1. The number of hydrogen-bond acceptors (Lipinski definition) is 2. The van der Waals surface area contributed by atoms with Crippen molar-refractivity contribution >= 4 is 0 Å². The van der Waals surface area contributed by atoms with Crippen LogP contribution in [0.15, 0.2) is 24.3 Å². The fraction of sp³-hybridized carbons (Fsp3) is 0.684. The maximum atomic E-state index is 3.60. The Bertz CT molecular complexity index is 397. The van der Waals surface area contributed by atoms with Gasteiger partial charge in [-0.15, -0.1) is 0 Å². The van der Waals surface area contributed by atoms with Gasteiger partial charge in [-0.25, -0.2) is 0 Å². The van der Waals surface area contributed by atoms with Gasteiger partial charge in [0.25, 0.3) is 0 Å². The van der Waals surface area contributed by atoms with Crippen molar-refractivity contribution in [2.24, 2.45) is 0 Å². The fourth-order valence-electron chi connectivity index (χ4n) is 3.19. The predicted octanol–water partition coefficient (Wildman–Crippen LogP) is 4.16. The number of nitrogens with one attached hydrogen (secondary N) is 1. The average Bonchev–Trinajstić information content (AvgIpc) is 2.50. The third-order valence-corrected chi connectivity index (χ3v) is 4.59. The number of likely N-dealkylation sites (tertiary alicyclic amines) is 1. The molecular formula is C19H32N2. The van der Waals surface area contributed by atoms with E-state index in [1.165, 1.54) is 43.4 Å². The van der Waals surface area contributed by atoms with Crippen molar-refractivity contribution in [2.75, 3.05) is 19.6 Å². The minimum absolute atomic E-state index is 0.625. The van der Waals surface area contributed by atoms with E-state index < -0.39 is 0 Å². The van der Waals surface area contributed by atoms with Gasteiger partial charge in [-0.3, -0.25) is 4.90 Å². The van der Waals surface area contributed by atoms with Gasteiger partial charge in [0, 0.05) is 19.1 Å². The molecule has 1 aromatic carbocycles. The van der Waals surface area contributed by atoms with Crippen LogP contribution in [-0.2, 0) is 6.54 Å². The summed E-state index contributed by atoms with van der Waals surface area (Å²) < 4.78 is 0. The van der Waals surface area contributed by atoms with Crippen LogP contribution in [0.1, 0.15) is 63.5 Å². The maximum Gasteiger partial charge on any atom is 0.0237 e. The van der Waals surface area contributed by atoms with Gasteiger partial charge in [0.2, 0.25) is 0 Å². The highest BCUT2D eigenvalue weighted by Gasteiger charge is 2.21. The van der Waals surface area contributed by atoms with Crippen molar-refractivity contribution in [3.05, 3.63) is 35.4 Å². The summed E-state index contributed by atoms with van der Waals surface area (Å²) in [5, 5.41) is 3.60. The van der Waals surface area contributed by atoms with Crippen molar-refractivity contribution in [2.45, 2.75) is 65.0 Å². The second kappa shape index (κ2) is 8.55. The van der Waals surface area contributed by atoms with E-state index in [1.54, 1.807) is 0 Å². The molecule has 0 bridgehead atoms. The highest BCUT2D eigenvalue weighted by atomic mass is 15.2. The van der Waals surface area contributed by atoms with Gasteiger partial charge >= 0.3 is 0 Å². The third kappa shape index (κ3) is 5.12. The Labute approximate surface area is 130 Å². The van der Waals surface area contributed by atoms with Crippen molar-refractivity contribution in [3.8, 4) is 0 Å². The first kappa shape index (κ1) is 16.5. The standard InChI is InChI=1S/C19H32N2/c1-4-12-20-14-19-7-5-6-13-21(19)15-17-8-10-18(11-9-17)16(2)3/h8-11,16,19-20H,4-7,12-15H2,1-3H3. The monoisotopic (exact) mass is 288 g/mol. The molecule has 0 aromatic heterocycles. The largest absolute Gasteiger partial charge is 0.315 e. The van der Waals surface area contributed by atoms with Gasteiger partial charge in [0.1, 0.15) is 0 Å². The van der Waals surface area contributed by atoms with Crippen LogP contribution in [-0.4, -0.2) is 30.6 Å². The van der Waals surface area contributed by atoms with Crippen LogP contribution >= 0.6 is 0 Å². The molecule has 2 rings (SSSR count). The second-order valence-electron chi connectivity index (χ2n) is 6.72. The summed E-state index contributed by atoms with van der Waals surface area (Å²) in [5.41, 5.74) is 2.90. The second-order valence-corrected chi connectivity index (χ2v) is 6.72. The summed E-state index contributed by atoms with van der Waals surface area (Å²) in [5.74, 6) is 0.625. The topological polar surface area (TPSA) is 15.3 Å². The molecule has 0 aliphatic carbocycles.